The third-order valence-electron chi connectivity index (χ3n) is 5.93. The highest BCUT2D eigenvalue weighted by atomic mass is 32.1. The third-order valence-corrected chi connectivity index (χ3v) is 7.08. The van der Waals surface area contributed by atoms with Crippen LogP contribution in [0.4, 0.5) is 18.3 Å². The van der Waals surface area contributed by atoms with Crippen LogP contribution >= 0.6 is 11.3 Å². The number of benzene rings is 2. The van der Waals surface area contributed by atoms with E-state index in [0.717, 1.165) is 17.0 Å². The fourth-order valence-electron chi connectivity index (χ4n) is 4.05. The van der Waals surface area contributed by atoms with Crippen molar-refractivity contribution in [3.63, 3.8) is 0 Å². The summed E-state index contributed by atoms with van der Waals surface area (Å²) >= 11 is 1.24. The van der Waals surface area contributed by atoms with Crippen LogP contribution in [-0.2, 0) is 11.8 Å². The molecule has 0 spiro atoms. The van der Waals surface area contributed by atoms with E-state index in [1.807, 2.05) is 13.8 Å². The van der Waals surface area contributed by atoms with Gasteiger partial charge in [0.15, 0.2) is 5.13 Å². The van der Waals surface area contributed by atoms with Crippen molar-refractivity contribution in [1.29, 1.82) is 0 Å². The number of nitrogens with one attached hydrogen (secondary N) is 1. The molecule has 0 unspecified atom stereocenters. The summed E-state index contributed by atoms with van der Waals surface area (Å²) in [7, 11) is 2.90. The summed E-state index contributed by atoms with van der Waals surface area (Å²) < 4.78 is 56.7. The van der Waals surface area contributed by atoms with Gasteiger partial charge in [0.2, 0.25) is 0 Å². The van der Waals surface area contributed by atoms with Gasteiger partial charge in [0.25, 0.3) is 5.91 Å². The number of carbonyl (C=O) groups is 1. The van der Waals surface area contributed by atoms with Crippen molar-refractivity contribution in [3.8, 4) is 28.5 Å². The first-order chi connectivity index (χ1) is 16.2. The Balaban J connectivity index is 1.78. The largest absolute Gasteiger partial charge is 0.496 e. The number of anilines is 1. The number of hydrogen-bond acceptors (Lipinski definition) is 6. The third kappa shape index (κ3) is 3.96. The molecule has 10 heteroatoms. The van der Waals surface area contributed by atoms with E-state index in [4.69, 9.17) is 14.2 Å². The van der Waals surface area contributed by atoms with Crippen LogP contribution in [0.5, 0.6) is 17.2 Å². The van der Waals surface area contributed by atoms with E-state index in [0.29, 0.717) is 40.7 Å². The minimum absolute atomic E-state index is 0.126. The van der Waals surface area contributed by atoms with Gasteiger partial charge in [0.1, 0.15) is 28.4 Å². The molecular formula is C24H23F3N2O4S. The number of nitrogens with zero attached hydrogens (tertiary/aromatic N) is 1. The van der Waals surface area contributed by atoms with Crippen molar-refractivity contribution < 1.29 is 32.2 Å². The highest BCUT2D eigenvalue weighted by Gasteiger charge is 2.42. The molecule has 4 rings (SSSR count). The fraction of sp³-hybridized carbons (Fsp3) is 0.333. The smallest absolute Gasteiger partial charge is 0.416 e. The number of ether oxygens (including phenoxy) is 3. The lowest BCUT2D eigenvalue weighted by Gasteiger charge is -2.36. The van der Waals surface area contributed by atoms with Crippen molar-refractivity contribution in [2.24, 2.45) is 0 Å². The van der Waals surface area contributed by atoms with Crippen LogP contribution in [0.3, 0.4) is 0 Å². The molecule has 0 saturated heterocycles. The Morgan fingerprint density at radius 1 is 1.12 bits per heavy atom. The van der Waals surface area contributed by atoms with Crippen LogP contribution in [0.2, 0.25) is 0 Å². The molecule has 1 aromatic heterocycles. The van der Waals surface area contributed by atoms with Crippen molar-refractivity contribution in [2.45, 2.75) is 38.5 Å². The maximum Gasteiger partial charge on any atom is 0.416 e. The number of alkyl halides is 3. The van der Waals surface area contributed by atoms with Gasteiger partial charge in [-0.2, -0.15) is 13.2 Å². The summed E-state index contributed by atoms with van der Waals surface area (Å²) in [6, 6.07) is 8.37. The van der Waals surface area contributed by atoms with Crippen LogP contribution in [0.15, 0.2) is 36.4 Å². The number of halogens is 3. The van der Waals surface area contributed by atoms with E-state index in [2.05, 4.69) is 10.3 Å². The Kier molecular flexibility index (Phi) is 6.20. The van der Waals surface area contributed by atoms with E-state index in [-0.39, 0.29) is 11.3 Å². The molecule has 0 aliphatic carbocycles. The van der Waals surface area contributed by atoms with Gasteiger partial charge in [-0.1, -0.05) is 31.3 Å². The van der Waals surface area contributed by atoms with Crippen LogP contribution in [-0.4, -0.2) is 25.1 Å². The first kappa shape index (κ1) is 23.9. The van der Waals surface area contributed by atoms with E-state index < -0.39 is 23.2 Å². The highest BCUT2D eigenvalue weighted by Crippen LogP contribution is 2.52. The molecule has 34 heavy (non-hydrogen) atoms. The topological polar surface area (TPSA) is 69.7 Å². The van der Waals surface area contributed by atoms with Gasteiger partial charge in [-0.3, -0.25) is 10.1 Å². The predicted octanol–water partition coefficient (Wildman–Crippen LogP) is 6.51. The van der Waals surface area contributed by atoms with Crippen LogP contribution in [0.1, 0.15) is 47.5 Å². The molecule has 0 atom stereocenters. The molecule has 2 aromatic carbocycles. The van der Waals surface area contributed by atoms with E-state index >= 15 is 0 Å². The monoisotopic (exact) mass is 492 g/mol. The Morgan fingerprint density at radius 2 is 1.76 bits per heavy atom. The highest BCUT2D eigenvalue weighted by molar-refractivity contribution is 7.16. The maximum atomic E-state index is 13.3. The van der Waals surface area contributed by atoms with Gasteiger partial charge >= 0.3 is 6.18 Å². The summed E-state index contributed by atoms with van der Waals surface area (Å²) in [5.41, 5.74) is -0.472. The molecule has 1 N–H and O–H groups in total. The maximum absolute atomic E-state index is 13.3. The average molecular weight is 493 g/mol. The van der Waals surface area contributed by atoms with Gasteiger partial charge < -0.3 is 14.2 Å². The Bertz CT molecular complexity index is 1210. The molecule has 1 amide bonds. The van der Waals surface area contributed by atoms with Crippen molar-refractivity contribution in [2.75, 3.05) is 19.5 Å². The summed E-state index contributed by atoms with van der Waals surface area (Å²) in [6.45, 7) is 3.81. The molecule has 0 saturated carbocycles. The molecule has 180 valence electrons. The Morgan fingerprint density at radius 3 is 2.32 bits per heavy atom. The Labute approximate surface area is 198 Å². The van der Waals surface area contributed by atoms with Crippen LogP contribution in [0, 0.1) is 0 Å². The number of rotatable bonds is 6. The minimum Gasteiger partial charge on any atom is -0.496 e. The molecule has 0 bridgehead atoms. The predicted molar refractivity (Wildman–Crippen MR) is 123 cm³/mol. The van der Waals surface area contributed by atoms with Gasteiger partial charge in [0, 0.05) is 5.56 Å². The molecule has 2 heterocycles. The second kappa shape index (κ2) is 8.83. The SMILES string of the molecule is CCC1(CC)Oc2cc(C(F)(F)F)ccc2-c2nc(NC(=O)c3c(OC)cccc3OC)sc21. The number of carbonyl (C=O) groups excluding carboxylic acids is 1. The summed E-state index contributed by atoms with van der Waals surface area (Å²) in [5, 5.41) is 3.09. The molecule has 0 fully saturated rings. The number of fused-ring (bicyclic) bond motifs is 3. The van der Waals surface area contributed by atoms with Gasteiger partial charge in [-0.05, 0) is 43.2 Å². The lowest BCUT2D eigenvalue weighted by Crippen LogP contribution is -2.34. The lowest BCUT2D eigenvalue weighted by atomic mass is 9.89. The summed E-state index contributed by atoms with van der Waals surface area (Å²) in [5.74, 6) is 0.319. The fourth-order valence-corrected chi connectivity index (χ4v) is 5.29. The minimum atomic E-state index is -4.49. The number of aromatic nitrogens is 1. The molecule has 0 radical (unpaired) electrons. The first-order valence-electron chi connectivity index (χ1n) is 10.6. The molecular weight excluding hydrogens is 469 g/mol. The zero-order valence-corrected chi connectivity index (χ0v) is 19.8. The second-order valence-corrected chi connectivity index (χ2v) is 8.70. The standard InChI is InChI=1S/C24H23F3N2O4S/c1-5-23(6-2)20-19(14-11-10-13(24(25,26)27)12-17(14)33-23)28-22(34-20)29-21(30)18-15(31-3)8-7-9-16(18)32-4/h7-12H,5-6H2,1-4H3,(H,28,29,30). The normalized spacial score (nSPS) is 14.0. The van der Waals surface area contributed by atoms with Crippen molar-refractivity contribution in [3.05, 3.63) is 52.4 Å². The number of hydrogen-bond donors (Lipinski definition) is 1. The van der Waals surface area contributed by atoms with Crippen molar-refractivity contribution >= 4 is 22.4 Å². The zero-order chi connectivity index (χ0) is 24.7. The molecule has 1 aliphatic rings. The summed E-state index contributed by atoms with van der Waals surface area (Å²) in [6.07, 6.45) is -3.46. The zero-order valence-electron chi connectivity index (χ0n) is 19.0. The molecule has 6 nitrogen and oxygen atoms in total. The number of thiazole rings is 1. The first-order valence-corrected chi connectivity index (χ1v) is 11.4. The second-order valence-electron chi connectivity index (χ2n) is 7.70. The van der Waals surface area contributed by atoms with E-state index in [9.17, 15) is 18.0 Å². The lowest BCUT2D eigenvalue weighted by molar-refractivity contribution is -0.137. The van der Waals surface area contributed by atoms with Gasteiger partial charge in [-0.25, -0.2) is 4.98 Å². The Hall–Kier alpha value is -3.27. The van der Waals surface area contributed by atoms with Gasteiger partial charge in [0.05, 0.1) is 30.4 Å². The average Bonchev–Trinajstić information content (AvgIpc) is 3.26. The molecule has 3 aromatic rings. The van der Waals surface area contributed by atoms with E-state index in [1.54, 1.807) is 18.2 Å². The number of methoxy groups -OCH3 is 2. The van der Waals surface area contributed by atoms with Crippen LogP contribution in [0.25, 0.3) is 11.3 Å². The van der Waals surface area contributed by atoms with Crippen LogP contribution < -0.4 is 19.5 Å². The van der Waals surface area contributed by atoms with Crippen molar-refractivity contribution in [1.82, 2.24) is 4.98 Å². The summed E-state index contributed by atoms with van der Waals surface area (Å²) in [4.78, 5) is 18.5. The van der Waals surface area contributed by atoms with Gasteiger partial charge in [-0.15, -0.1) is 0 Å². The molecule has 1 aliphatic heterocycles. The van der Waals surface area contributed by atoms with E-state index in [1.165, 1.54) is 31.6 Å². The quantitative estimate of drug-likeness (QED) is 0.425. The number of amides is 1.